The van der Waals surface area contributed by atoms with Crippen molar-refractivity contribution >= 4 is 17.6 Å². The quantitative estimate of drug-likeness (QED) is 0.566. The summed E-state index contributed by atoms with van der Waals surface area (Å²) in [6.07, 6.45) is 5.12. The molecule has 2 nitrogen and oxygen atoms in total. The fourth-order valence-electron chi connectivity index (χ4n) is 0.925. The summed E-state index contributed by atoms with van der Waals surface area (Å²) in [4.78, 5) is 10.9. The van der Waals surface area contributed by atoms with Gasteiger partial charge in [0.25, 0.3) is 0 Å². The van der Waals surface area contributed by atoms with Crippen molar-refractivity contribution in [2.24, 2.45) is 0 Å². The Morgan fingerprint density at radius 1 is 1.73 bits per heavy atom. The Kier molecular flexibility index (Phi) is 2.71. The SMILES string of the molecule is COC(=O)C1=CCCC(Cl)=C1. The Balaban J connectivity index is 2.73. The zero-order valence-electron chi connectivity index (χ0n) is 6.26. The maximum atomic E-state index is 10.9. The van der Waals surface area contributed by atoms with Gasteiger partial charge in [-0.05, 0) is 18.9 Å². The maximum Gasteiger partial charge on any atom is 0.337 e. The van der Waals surface area contributed by atoms with Crippen molar-refractivity contribution in [1.82, 2.24) is 0 Å². The number of carbonyl (C=O) groups is 1. The number of esters is 1. The van der Waals surface area contributed by atoms with Crippen LogP contribution in [0.25, 0.3) is 0 Å². The van der Waals surface area contributed by atoms with E-state index in [0.29, 0.717) is 10.6 Å². The third-order valence-electron chi connectivity index (χ3n) is 1.48. The molecule has 0 aromatic heterocycles. The first-order valence-corrected chi connectivity index (χ1v) is 3.76. The van der Waals surface area contributed by atoms with Crippen molar-refractivity contribution in [2.75, 3.05) is 7.11 Å². The molecular weight excluding hydrogens is 164 g/mol. The molecule has 0 bridgehead atoms. The molecule has 0 aromatic rings. The van der Waals surface area contributed by atoms with Crippen LogP contribution in [0.1, 0.15) is 12.8 Å². The minimum Gasteiger partial charge on any atom is -0.465 e. The third kappa shape index (κ3) is 2.09. The van der Waals surface area contributed by atoms with Crippen LogP contribution in [0.15, 0.2) is 22.8 Å². The highest BCUT2D eigenvalue weighted by atomic mass is 35.5. The summed E-state index contributed by atoms with van der Waals surface area (Å²) in [5.41, 5.74) is 0.559. The Hall–Kier alpha value is -0.760. The number of ether oxygens (including phenoxy) is 1. The van der Waals surface area contributed by atoms with E-state index in [1.807, 2.05) is 6.08 Å². The summed E-state index contributed by atoms with van der Waals surface area (Å²) in [5, 5.41) is 0.716. The van der Waals surface area contributed by atoms with E-state index in [-0.39, 0.29) is 5.97 Å². The second-order valence-corrected chi connectivity index (χ2v) is 2.77. The largest absolute Gasteiger partial charge is 0.465 e. The lowest BCUT2D eigenvalue weighted by atomic mass is 10.1. The molecule has 0 saturated carbocycles. The lowest BCUT2D eigenvalue weighted by Crippen LogP contribution is -2.04. The summed E-state index contributed by atoms with van der Waals surface area (Å²) in [6, 6.07) is 0. The molecule has 11 heavy (non-hydrogen) atoms. The first-order chi connectivity index (χ1) is 5.24. The van der Waals surface area contributed by atoms with Gasteiger partial charge in [-0.25, -0.2) is 4.79 Å². The average Bonchev–Trinajstić information content (AvgIpc) is 2.03. The monoisotopic (exact) mass is 172 g/mol. The van der Waals surface area contributed by atoms with Gasteiger partial charge in [-0.2, -0.15) is 0 Å². The van der Waals surface area contributed by atoms with E-state index in [2.05, 4.69) is 4.74 Å². The Morgan fingerprint density at radius 3 is 3.00 bits per heavy atom. The smallest absolute Gasteiger partial charge is 0.337 e. The highest BCUT2D eigenvalue weighted by Gasteiger charge is 2.10. The second kappa shape index (κ2) is 3.58. The van der Waals surface area contributed by atoms with Crippen molar-refractivity contribution in [1.29, 1.82) is 0 Å². The minimum atomic E-state index is -0.317. The molecule has 0 fully saturated rings. The molecule has 1 aliphatic carbocycles. The summed E-state index contributed by atoms with van der Waals surface area (Å²) < 4.78 is 4.53. The molecule has 0 aliphatic heterocycles. The number of allylic oxidation sites excluding steroid dienone is 2. The third-order valence-corrected chi connectivity index (χ3v) is 1.78. The summed E-state index contributed by atoms with van der Waals surface area (Å²) in [5.74, 6) is -0.317. The number of hydrogen-bond donors (Lipinski definition) is 0. The minimum absolute atomic E-state index is 0.317. The molecule has 0 atom stereocenters. The molecule has 0 saturated heterocycles. The average molecular weight is 173 g/mol. The molecule has 0 unspecified atom stereocenters. The zero-order chi connectivity index (χ0) is 8.27. The van der Waals surface area contributed by atoms with Gasteiger partial charge in [0.05, 0.1) is 12.7 Å². The van der Waals surface area contributed by atoms with Crippen LogP contribution in [0.5, 0.6) is 0 Å². The van der Waals surface area contributed by atoms with Gasteiger partial charge in [0.15, 0.2) is 0 Å². The van der Waals surface area contributed by atoms with Crippen LogP contribution in [0, 0.1) is 0 Å². The zero-order valence-corrected chi connectivity index (χ0v) is 7.02. The van der Waals surface area contributed by atoms with Gasteiger partial charge in [0, 0.05) is 5.03 Å². The molecule has 1 aliphatic rings. The molecule has 60 valence electrons. The normalized spacial score (nSPS) is 16.9. The fourth-order valence-corrected chi connectivity index (χ4v) is 1.15. The predicted molar refractivity (Wildman–Crippen MR) is 43.3 cm³/mol. The lowest BCUT2D eigenvalue weighted by Gasteiger charge is -2.06. The van der Waals surface area contributed by atoms with E-state index in [4.69, 9.17) is 11.6 Å². The van der Waals surface area contributed by atoms with Gasteiger partial charge in [-0.3, -0.25) is 0 Å². The molecule has 0 heterocycles. The van der Waals surface area contributed by atoms with Crippen molar-refractivity contribution in [3.8, 4) is 0 Å². The van der Waals surface area contributed by atoms with Gasteiger partial charge in [-0.1, -0.05) is 17.7 Å². The molecule has 0 amide bonds. The number of rotatable bonds is 1. The highest BCUT2D eigenvalue weighted by molar-refractivity contribution is 6.30. The maximum absolute atomic E-state index is 10.9. The van der Waals surface area contributed by atoms with Crippen LogP contribution in [0.2, 0.25) is 0 Å². The van der Waals surface area contributed by atoms with Crippen LogP contribution < -0.4 is 0 Å². The van der Waals surface area contributed by atoms with Gasteiger partial charge < -0.3 is 4.74 Å². The molecule has 0 spiro atoms. The molecular formula is C8H9ClO2. The van der Waals surface area contributed by atoms with Crippen LogP contribution >= 0.6 is 11.6 Å². The molecule has 0 N–H and O–H groups in total. The van der Waals surface area contributed by atoms with Gasteiger partial charge >= 0.3 is 5.97 Å². The van der Waals surface area contributed by atoms with Crippen LogP contribution in [-0.4, -0.2) is 13.1 Å². The van der Waals surface area contributed by atoms with E-state index in [1.165, 1.54) is 7.11 Å². The standard InChI is InChI=1S/C8H9ClO2/c1-11-8(10)6-3-2-4-7(9)5-6/h3,5H,2,4H2,1H3. The summed E-state index contributed by atoms with van der Waals surface area (Å²) >= 11 is 5.72. The first-order valence-electron chi connectivity index (χ1n) is 3.38. The lowest BCUT2D eigenvalue weighted by molar-refractivity contribution is -0.135. The number of methoxy groups -OCH3 is 1. The van der Waals surface area contributed by atoms with Crippen LogP contribution in [0.4, 0.5) is 0 Å². The fraction of sp³-hybridized carbons (Fsp3) is 0.375. The summed E-state index contributed by atoms with van der Waals surface area (Å²) in [6.45, 7) is 0. The van der Waals surface area contributed by atoms with Crippen molar-refractivity contribution in [2.45, 2.75) is 12.8 Å². The Morgan fingerprint density at radius 2 is 2.45 bits per heavy atom. The van der Waals surface area contributed by atoms with E-state index < -0.39 is 0 Å². The highest BCUT2D eigenvalue weighted by Crippen LogP contribution is 2.20. The van der Waals surface area contributed by atoms with Crippen molar-refractivity contribution in [3.63, 3.8) is 0 Å². The predicted octanol–water partition coefficient (Wildman–Crippen LogP) is 2.00. The van der Waals surface area contributed by atoms with Crippen LogP contribution in [-0.2, 0) is 9.53 Å². The van der Waals surface area contributed by atoms with Gasteiger partial charge in [-0.15, -0.1) is 0 Å². The number of hydrogen-bond acceptors (Lipinski definition) is 2. The van der Waals surface area contributed by atoms with Crippen LogP contribution in [0.3, 0.4) is 0 Å². The molecule has 0 aromatic carbocycles. The van der Waals surface area contributed by atoms with Crippen molar-refractivity contribution < 1.29 is 9.53 Å². The Bertz CT molecular complexity index is 228. The van der Waals surface area contributed by atoms with E-state index >= 15 is 0 Å². The Labute approximate surface area is 70.5 Å². The molecule has 1 rings (SSSR count). The van der Waals surface area contributed by atoms with E-state index in [0.717, 1.165) is 12.8 Å². The molecule has 0 radical (unpaired) electrons. The van der Waals surface area contributed by atoms with Crippen molar-refractivity contribution in [3.05, 3.63) is 22.8 Å². The van der Waals surface area contributed by atoms with Gasteiger partial charge in [0.1, 0.15) is 0 Å². The molecule has 3 heteroatoms. The van der Waals surface area contributed by atoms with E-state index in [1.54, 1.807) is 6.08 Å². The number of carbonyl (C=O) groups excluding carboxylic acids is 1. The van der Waals surface area contributed by atoms with E-state index in [9.17, 15) is 4.79 Å². The first kappa shape index (κ1) is 8.34. The van der Waals surface area contributed by atoms with Gasteiger partial charge in [0.2, 0.25) is 0 Å². The second-order valence-electron chi connectivity index (χ2n) is 2.28. The number of halogens is 1. The topological polar surface area (TPSA) is 26.3 Å². The summed E-state index contributed by atoms with van der Waals surface area (Å²) in [7, 11) is 1.36.